The summed E-state index contributed by atoms with van der Waals surface area (Å²) in [6, 6.07) is 3.49. The highest BCUT2D eigenvalue weighted by atomic mass is 16.1. The third-order valence-electron chi connectivity index (χ3n) is 2.25. The highest BCUT2D eigenvalue weighted by Gasteiger charge is 2.13. The molecule has 0 aliphatic heterocycles. The van der Waals surface area contributed by atoms with E-state index in [4.69, 9.17) is 11.5 Å². The second kappa shape index (κ2) is 4.01. The van der Waals surface area contributed by atoms with E-state index in [-0.39, 0.29) is 18.0 Å². The molecule has 16 heavy (non-hydrogen) atoms. The van der Waals surface area contributed by atoms with Crippen molar-refractivity contribution in [1.29, 1.82) is 0 Å². The Morgan fingerprint density at radius 3 is 2.88 bits per heavy atom. The summed E-state index contributed by atoms with van der Waals surface area (Å²) in [7, 11) is 0. The van der Waals surface area contributed by atoms with E-state index in [2.05, 4.69) is 15.2 Å². The number of anilines is 2. The average Bonchev–Trinajstić information content (AvgIpc) is 2.68. The van der Waals surface area contributed by atoms with Gasteiger partial charge in [-0.05, 0) is 6.07 Å². The van der Waals surface area contributed by atoms with Gasteiger partial charge < -0.3 is 11.5 Å². The van der Waals surface area contributed by atoms with Crippen LogP contribution >= 0.6 is 0 Å². The van der Waals surface area contributed by atoms with E-state index in [0.717, 1.165) is 0 Å². The second-order valence-corrected chi connectivity index (χ2v) is 3.35. The Morgan fingerprint density at radius 1 is 1.44 bits per heavy atom. The lowest BCUT2D eigenvalue weighted by atomic mass is 10.1. The Kier molecular flexibility index (Phi) is 2.55. The minimum Gasteiger partial charge on any atom is -0.383 e. The standard InChI is InChI=1S/C10H11N5O/c11-9-6(2-1-3-13-9)4-8(16)7-5-14-15-10(7)12/h1-3,5H,4H2,(H2,11,13)(H3,12,14,15). The Balaban J connectivity index is 2.21. The second-order valence-electron chi connectivity index (χ2n) is 3.35. The van der Waals surface area contributed by atoms with Crippen LogP contribution in [0.5, 0.6) is 0 Å². The molecule has 0 amide bonds. The van der Waals surface area contributed by atoms with Gasteiger partial charge in [-0.15, -0.1) is 0 Å². The van der Waals surface area contributed by atoms with Crippen molar-refractivity contribution in [3.05, 3.63) is 35.7 Å². The highest BCUT2D eigenvalue weighted by molar-refractivity contribution is 6.01. The van der Waals surface area contributed by atoms with Crippen LogP contribution in [0.3, 0.4) is 0 Å². The number of hydrogen-bond donors (Lipinski definition) is 3. The molecule has 2 heterocycles. The van der Waals surface area contributed by atoms with Crippen molar-refractivity contribution in [3.63, 3.8) is 0 Å². The maximum absolute atomic E-state index is 11.8. The van der Waals surface area contributed by atoms with Gasteiger partial charge in [0.15, 0.2) is 5.78 Å². The molecule has 0 atom stereocenters. The molecule has 2 aromatic rings. The summed E-state index contributed by atoms with van der Waals surface area (Å²) in [5, 5.41) is 6.20. The van der Waals surface area contributed by atoms with E-state index >= 15 is 0 Å². The van der Waals surface area contributed by atoms with Crippen LogP contribution in [0.2, 0.25) is 0 Å². The Labute approximate surface area is 91.7 Å². The van der Waals surface area contributed by atoms with Gasteiger partial charge in [0.25, 0.3) is 0 Å². The van der Waals surface area contributed by atoms with Gasteiger partial charge in [-0.1, -0.05) is 6.07 Å². The maximum atomic E-state index is 11.8. The number of aromatic amines is 1. The summed E-state index contributed by atoms with van der Waals surface area (Å²) in [6.07, 6.45) is 3.16. The summed E-state index contributed by atoms with van der Waals surface area (Å²) in [5.74, 6) is 0.497. The smallest absolute Gasteiger partial charge is 0.172 e. The number of nitrogens with zero attached hydrogens (tertiary/aromatic N) is 2. The van der Waals surface area contributed by atoms with Crippen LogP contribution < -0.4 is 11.5 Å². The lowest BCUT2D eigenvalue weighted by Gasteiger charge is -2.02. The molecule has 2 rings (SSSR count). The molecule has 0 fully saturated rings. The molecule has 0 aliphatic rings. The van der Waals surface area contributed by atoms with E-state index < -0.39 is 0 Å². The largest absolute Gasteiger partial charge is 0.383 e. The number of carbonyl (C=O) groups excluding carboxylic acids is 1. The molecule has 2 aromatic heterocycles. The zero-order valence-electron chi connectivity index (χ0n) is 8.47. The maximum Gasteiger partial charge on any atom is 0.172 e. The number of nitrogens with one attached hydrogen (secondary N) is 1. The molecule has 0 radical (unpaired) electrons. The Hall–Kier alpha value is -2.37. The first-order valence-electron chi connectivity index (χ1n) is 4.70. The monoisotopic (exact) mass is 217 g/mol. The molecule has 6 heteroatoms. The van der Waals surface area contributed by atoms with Crippen molar-refractivity contribution < 1.29 is 4.79 Å². The molecule has 0 bridgehead atoms. The molecule has 0 aliphatic carbocycles. The lowest BCUT2D eigenvalue weighted by Crippen LogP contribution is -2.08. The quantitative estimate of drug-likeness (QED) is 0.644. The first-order chi connectivity index (χ1) is 7.68. The van der Waals surface area contributed by atoms with Gasteiger partial charge in [-0.2, -0.15) is 5.10 Å². The summed E-state index contributed by atoms with van der Waals surface area (Å²) in [4.78, 5) is 15.7. The average molecular weight is 217 g/mol. The van der Waals surface area contributed by atoms with E-state index in [9.17, 15) is 4.79 Å². The van der Waals surface area contributed by atoms with Crippen molar-refractivity contribution in [2.45, 2.75) is 6.42 Å². The number of Topliss-reactive ketones (excluding diaryl/α,β-unsaturated/α-hetero) is 1. The van der Waals surface area contributed by atoms with Crippen molar-refractivity contribution in [1.82, 2.24) is 15.2 Å². The number of pyridine rings is 1. The van der Waals surface area contributed by atoms with Gasteiger partial charge >= 0.3 is 0 Å². The first-order valence-corrected chi connectivity index (χ1v) is 4.70. The third-order valence-corrected chi connectivity index (χ3v) is 2.25. The summed E-state index contributed by atoms with van der Waals surface area (Å²) in [6.45, 7) is 0. The van der Waals surface area contributed by atoms with E-state index in [0.29, 0.717) is 16.9 Å². The van der Waals surface area contributed by atoms with Gasteiger partial charge in [0.2, 0.25) is 0 Å². The molecule has 6 nitrogen and oxygen atoms in total. The van der Waals surface area contributed by atoms with Crippen LogP contribution in [0, 0.1) is 0 Å². The predicted molar refractivity (Wildman–Crippen MR) is 59.7 cm³/mol. The predicted octanol–water partition coefficient (Wildman–Crippen LogP) is 0.395. The first kappa shape index (κ1) is 10.2. The highest BCUT2D eigenvalue weighted by Crippen LogP contribution is 2.14. The van der Waals surface area contributed by atoms with E-state index in [1.165, 1.54) is 6.20 Å². The topological polar surface area (TPSA) is 111 Å². The van der Waals surface area contributed by atoms with Gasteiger partial charge in [-0.3, -0.25) is 9.89 Å². The number of aromatic nitrogens is 3. The molecule has 0 unspecified atom stereocenters. The number of rotatable bonds is 3. The zero-order chi connectivity index (χ0) is 11.5. The number of ketones is 1. The van der Waals surface area contributed by atoms with Gasteiger partial charge in [0.05, 0.1) is 11.8 Å². The summed E-state index contributed by atoms with van der Waals surface area (Å²) < 4.78 is 0. The van der Waals surface area contributed by atoms with Crippen molar-refractivity contribution in [2.24, 2.45) is 0 Å². The van der Waals surface area contributed by atoms with Crippen LogP contribution in [0.25, 0.3) is 0 Å². The van der Waals surface area contributed by atoms with Gasteiger partial charge in [-0.25, -0.2) is 4.98 Å². The third kappa shape index (κ3) is 1.85. The van der Waals surface area contributed by atoms with Gasteiger partial charge in [0, 0.05) is 18.2 Å². The van der Waals surface area contributed by atoms with Crippen LogP contribution in [0.15, 0.2) is 24.5 Å². The molecule has 0 spiro atoms. The normalized spacial score (nSPS) is 10.2. The van der Waals surface area contributed by atoms with Crippen LogP contribution in [0.4, 0.5) is 11.6 Å². The fourth-order valence-corrected chi connectivity index (χ4v) is 1.39. The van der Waals surface area contributed by atoms with Crippen LogP contribution in [-0.2, 0) is 6.42 Å². The molecular formula is C10H11N5O. The van der Waals surface area contributed by atoms with Crippen LogP contribution in [0.1, 0.15) is 15.9 Å². The van der Waals surface area contributed by atoms with Crippen molar-refractivity contribution in [2.75, 3.05) is 11.5 Å². The minimum atomic E-state index is -0.133. The number of carbonyl (C=O) groups is 1. The molecule has 0 saturated carbocycles. The molecule has 82 valence electrons. The molecule has 0 saturated heterocycles. The zero-order valence-corrected chi connectivity index (χ0v) is 8.47. The number of hydrogen-bond acceptors (Lipinski definition) is 5. The minimum absolute atomic E-state index is 0.133. The number of nitrogens with two attached hydrogens (primary N) is 2. The van der Waals surface area contributed by atoms with Crippen molar-refractivity contribution >= 4 is 17.4 Å². The van der Waals surface area contributed by atoms with E-state index in [1.807, 2.05) is 0 Å². The molecular weight excluding hydrogens is 206 g/mol. The Bertz CT molecular complexity index is 519. The van der Waals surface area contributed by atoms with Crippen molar-refractivity contribution in [3.8, 4) is 0 Å². The number of H-pyrrole nitrogens is 1. The fraction of sp³-hybridized carbons (Fsp3) is 0.100. The lowest BCUT2D eigenvalue weighted by molar-refractivity contribution is 0.0994. The SMILES string of the molecule is Nc1ncccc1CC(=O)c1cn[nH]c1N. The Morgan fingerprint density at radius 2 is 2.25 bits per heavy atom. The summed E-state index contributed by atoms with van der Waals surface area (Å²) in [5.41, 5.74) is 12.3. The molecule has 0 aromatic carbocycles. The van der Waals surface area contributed by atoms with E-state index in [1.54, 1.807) is 18.3 Å². The fourth-order valence-electron chi connectivity index (χ4n) is 1.39. The van der Waals surface area contributed by atoms with Gasteiger partial charge in [0.1, 0.15) is 11.6 Å². The molecule has 5 N–H and O–H groups in total. The number of nitrogen functional groups attached to an aromatic ring is 2. The van der Waals surface area contributed by atoms with Crippen LogP contribution in [-0.4, -0.2) is 21.0 Å². The summed E-state index contributed by atoms with van der Waals surface area (Å²) >= 11 is 0.